The predicted molar refractivity (Wildman–Crippen MR) is 78.7 cm³/mol. The van der Waals surface area contributed by atoms with Gasteiger partial charge >= 0.3 is 5.97 Å². The van der Waals surface area contributed by atoms with Gasteiger partial charge < -0.3 is 4.74 Å². The fourth-order valence-electron chi connectivity index (χ4n) is 1.96. The van der Waals surface area contributed by atoms with Crippen LogP contribution in [0.2, 0.25) is 0 Å². The summed E-state index contributed by atoms with van der Waals surface area (Å²) in [6, 6.07) is 11.2. The third kappa shape index (κ3) is 3.24. The number of hydrogen-bond donors (Lipinski definition) is 0. The summed E-state index contributed by atoms with van der Waals surface area (Å²) in [6.07, 6.45) is 1.24. The minimum atomic E-state index is -1.57. The zero-order valence-corrected chi connectivity index (χ0v) is 12.0. The Hall–Kier alpha value is -3.22. The molecule has 0 spiro atoms. The van der Waals surface area contributed by atoms with Crippen LogP contribution in [0.25, 0.3) is 11.3 Å². The predicted octanol–water partition coefficient (Wildman–Crippen LogP) is 3.78. The van der Waals surface area contributed by atoms with Gasteiger partial charge in [0, 0.05) is 11.8 Å². The van der Waals surface area contributed by atoms with Crippen LogP contribution in [0.3, 0.4) is 0 Å². The van der Waals surface area contributed by atoms with Crippen LogP contribution in [-0.4, -0.2) is 15.9 Å². The topological polar surface area (TPSA) is 52.1 Å². The molecule has 120 valence electrons. The van der Waals surface area contributed by atoms with E-state index >= 15 is 0 Å². The molecule has 0 aliphatic carbocycles. The van der Waals surface area contributed by atoms with Gasteiger partial charge in [-0.05, 0) is 30.3 Å². The van der Waals surface area contributed by atoms with Crippen LogP contribution in [0, 0.1) is 17.5 Å². The quantitative estimate of drug-likeness (QED) is 0.417. The molecule has 0 radical (unpaired) electrons. The first-order valence-electron chi connectivity index (χ1n) is 6.80. The second-order valence-corrected chi connectivity index (χ2v) is 4.72. The van der Waals surface area contributed by atoms with Crippen LogP contribution >= 0.6 is 0 Å². The van der Waals surface area contributed by atoms with E-state index < -0.39 is 23.4 Å². The fourth-order valence-corrected chi connectivity index (χ4v) is 1.96. The third-order valence-electron chi connectivity index (χ3n) is 3.07. The van der Waals surface area contributed by atoms with Crippen LogP contribution in [0.4, 0.5) is 13.2 Å². The zero-order valence-electron chi connectivity index (χ0n) is 12.0. The van der Waals surface area contributed by atoms with Crippen molar-refractivity contribution in [3.8, 4) is 17.0 Å². The number of aromatic nitrogens is 2. The summed E-state index contributed by atoms with van der Waals surface area (Å²) < 4.78 is 44.7. The van der Waals surface area contributed by atoms with Crippen LogP contribution in [0.15, 0.2) is 54.7 Å². The minimum Gasteiger partial charge on any atom is -0.421 e. The Morgan fingerprint density at radius 3 is 2.29 bits per heavy atom. The molecule has 3 aromatic rings. The number of para-hydroxylation sites is 1. The van der Waals surface area contributed by atoms with Crippen molar-refractivity contribution in [3.63, 3.8) is 0 Å². The van der Waals surface area contributed by atoms with Crippen molar-refractivity contribution >= 4 is 5.97 Å². The lowest BCUT2D eigenvalue weighted by Crippen LogP contribution is -2.13. The molecule has 0 bridgehead atoms. The van der Waals surface area contributed by atoms with E-state index in [1.165, 1.54) is 12.3 Å². The van der Waals surface area contributed by atoms with Crippen molar-refractivity contribution in [1.29, 1.82) is 0 Å². The van der Waals surface area contributed by atoms with Gasteiger partial charge in [-0.25, -0.2) is 27.9 Å². The van der Waals surface area contributed by atoms with Crippen LogP contribution in [-0.2, 0) is 0 Å². The Balaban J connectivity index is 1.91. The molecular formula is C17H9F3N2O2. The monoisotopic (exact) mass is 330 g/mol. The maximum Gasteiger partial charge on any atom is 0.381 e. The van der Waals surface area contributed by atoms with Gasteiger partial charge in [-0.15, -0.1) is 0 Å². The number of rotatable bonds is 3. The average Bonchev–Trinajstić information content (AvgIpc) is 2.60. The van der Waals surface area contributed by atoms with Crippen molar-refractivity contribution in [2.75, 3.05) is 0 Å². The molecule has 0 fully saturated rings. The van der Waals surface area contributed by atoms with Crippen LogP contribution in [0.1, 0.15) is 10.6 Å². The summed E-state index contributed by atoms with van der Waals surface area (Å²) in [7, 11) is 0. The number of hydrogen-bond acceptors (Lipinski definition) is 4. The molecule has 7 heteroatoms. The number of carbonyl (C=O) groups excluding carboxylic acids is 1. The molecule has 0 amide bonds. The highest BCUT2D eigenvalue weighted by atomic mass is 19.2. The SMILES string of the molecule is O=C(Oc1ccccc1)c1nccc(-c2cc(F)c(F)c(F)c2)n1. The lowest BCUT2D eigenvalue weighted by molar-refractivity contribution is 0.0722. The summed E-state index contributed by atoms with van der Waals surface area (Å²) >= 11 is 0. The van der Waals surface area contributed by atoms with E-state index in [4.69, 9.17) is 4.74 Å². The second-order valence-electron chi connectivity index (χ2n) is 4.72. The van der Waals surface area contributed by atoms with Crippen molar-refractivity contribution in [1.82, 2.24) is 9.97 Å². The van der Waals surface area contributed by atoms with E-state index in [0.717, 1.165) is 12.1 Å². The van der Waals surface area contributed by atoms with Gasteiger partial charge in [0.25, 0.3) is 0 Å². The first-order chi connectivity index (χ1) is 11.5. The van der Waals surface area contributed by atoms with Crippen molar-refractivity contribution < 1.29 is 22.7 Å². The number of esters is 1. The molecule has 0 aliphatic rings. The number of ether oxygens (including phenoxy) is 1. The number of halogens is 3. The molecule has 24 heavy (non-hydrogen) atoms. The Morgan fingerprint density at radius 1 is 0.958 bits per heavy atom. The Labute approximate surface area is 134 Å². The molecular weight excluding hydrogens is 321 g/mol. The van der Waals surface area contributed by atoms with Crippen molar-refractivity contribution in [2.24, 2.45) is 0 Å². The smallest absolute Gasteiger partial charge is 0.381 e. The molecule has 1 heterocycles. The lowest BCUT2D eigenvalue weighted by Gasteiger charge is -2.06. The first-order valence-corrected chi connectivity index (χ1v) is 6.80. The van der Waals surface area contributed by atoms with E-state index in [1.807, 2.05) is 0 Å². The Bertz CT molecular complexity index is 878. The summed E-state index contributed by atoms with van der Waals surface area (Å²) in [6.45, 7) is 0. The normalized spacial score (nSPS) is 10.5. The van der Waals surface area contributed by atoms with Gasteiger partial charge in [0.2, 0.25) is 5.82 Å². The van der Waals surface area contributed by atoms with Crippen molar-refractivity contribution in [3.05, 3.63) is 78.0 Å². The van der Waals surface area contributed by atoms with Gasteiger partial charge in [-0.3, -0.25) is 0 Å². The van der Waals surface area contributed by atoms with E-state index in [1.54, 1.807) is 30.3 Å². The maximum absolute atomic E-state index is 13.3. The van der Waals surface area contributed by atoms with Gasteiger partial charge in [-0.1, -0.05) is 18.2 Å². The molecule has 0 aliphatic heterocycles. The zero-order chi connectivity index (χ0) is 17.1. The summed E-state index contributed by atoms with van der Waals surface area (Å²) in [5, 5.41) is 0. The molecule has 0 N–H and O–H groups in total. The second kappa shape index (κ2) is 6.49. The van der Waals surface area contributed by atoms with E-state index in [-0.39, 0.29) is 17.1 Å². The first kappa shape index (κ1) is 15.7. The van der Waals surface area contributed by atoms with Gasteiger partial charge in [-0.2, -0.15) is 0 Å². The molecule has 4 nitrogen and oxygen atoms in total. The van der Waals surface area contributed by atoms with Crippen LogP contribution < -0.4 is 4.74 Å². The highest BCUT2D eigenvalue weighted by Gasteiger charge is 2.16. The molecule has 0 saturated carbocycles. The van der Waals surface area contributed by atoms with E-state index in [9.17, 15) is 18.0 Å². The summed E-state index contributed by atoms with van der Waals surface area (Å²) in [5.74, 6) is -5.09. The number of nitrogens with zero attached hydrogens (tertiary/aromatic N) is 2. The highest BCUT2D eigenvalue weighted by molar-refractivity contribution is 5.87. The molecule has 3 rings (SSSR count). The summed E-state index contributed by atoms with van der Waals surface area (Å²) in [4.78, 5) is 19.7. The fraction of sp³-hybridized carbons (Fsp3) is 0. The van der Waals surface area contributed by atoms with E-state index in [0.29, 0.717) is 5.75 Å². The van der Waals surface area contributed by atoms with Crippen LogP contribution in [0.5, 0.6) is 5.75 Å². The number of carbonyl (C=O) groups is 1. The van der Waals surface area contributed by atoms with E-state index in [2.05, 4.69) is 9.97 Å². The lowest BCUT2D eigenvalue weighted by atomic mass is 10.1. The minimum absolute atomic E-state index is 0.0254. The molecule has 0 atom stereocenters. The Morgan fingerprint density at radius 2 is 1.62 bits per heavy atom. The van der Waals surface area contributed by atoms with Gasteiger partial charge in [0.1, 0.15) is 5.75 Å². The van der Waals surface area contributed by atoms with Crippen molar-refractivity contribution in [2.45, 2.75) is 0 Å². The maximum atomic E-state index is 13.3. The molecule has 2 aromatic carbocycles. The average molecular weight is 330 g/mol. The van der Waals surface area contributed by atoms with Gasteiger partial charge in [0.15, 0.2) is 17.5 Å². The van der Waals surface area contributed by atoms with Gasteiger partial charge in [0.05, 0.1) is 5.69 Å². The number of benzene rings is 2. The summed E-state index contributed by atoms with van der Waals surface area (Å²) in [5.41, 5.74) is 0.0328. The Kier molecular flexibility index (Phi) is 4.24. The third-order valence-corrected chi connectivity index (χ3v) is 3.07. The molecule has 0 saturated heterocycles. The largest absolute Gasteiger partial charge is 0.421 e. The molecule has 0 unspecified atom stereocenters. The standard InChI is InChI=1S/C17H9F3N2O2/c18-12-8-10(9-13(19)15(12)20)14-6-7-21-16(22-14)17(23)24-11-4-2-1-3-5-11/h1-9H. The molecule has 1 aromatic heterocycles. The highest BCUT2D eigenvalue weighted by Crippen LogP contribution is 2.22.